The largest absolute Gasteiger partial charge is 0.497 e. The molecule has 0 aliphatic heterocycles. The number of hydrogen-bond acceptors (Lipinski definition) is 16. The van der Waals surface area contributed by atoms with Gasteiger partial charge in [0.15, 0.2) is 0 Å². The van der Waals surface area contributed by atoms with Crippen LogP contribution < -0.4 is 40.2 Å². The van der Waals surface area contributed by atoms with Gasteiger partial charge in [-0.25, -0.2) is 24.5 Å². The summed E-state index contributed by atoms with van der Waals surface area (Å²) >= 11 is 2.18. The summed E-state index contributed by atoms with van der Waals surface area (Å²) in [5, 5.41) is 24.4. The Bertz CT molecular complexity index is 3570. The van der Waals surface area contributed by atoms with Crippen molar-refractivity contribution in [2.75, 3.05) is 44.4 Å². The highest BCUT2D eigenvalue weighted by atomic mass is 127. The van der Waals surface area contributed by atoms with Crippen molar-refractivity contribution in [3.05, 3.63) is 129 Å². The third kappa shape index (κ3) is 14.5. The third-order valence-corrected chi connectivity index (χ3v) is 13.7. The first-order chi connectivity index (χ1) is 39.2. The number of carbonyl (C=O) groups is 3. The number of hydrogen-bond donors (Lipinski definition) is 4. The molecule has 21 nitrogen and oxygen atoms in total. The van der Waals surface area contributed by atoms with Gasteiger partial charge in [0, 0.05) is 85.2 Å². The Labute approximate surface area is 484 Å². The van der Waals surface area contributed by atoms with E-state index in [1.165, 1.54) is 12.1 Å². The van der Waals surface area contributed by atoms with Crippen LogP contribution in [0.15, 0.2) is 104 Å². The number of pyridine rings is 3. The number of rotatable bonds is 21. The SMILES string of the molecule is COc1ccc(CNc2nccc3c2c(I)nn3CC[C@@H](C)NC(=O)ON(C(=O)OC(C)(C)C)[C@H](C)CCn2nc(-c3ccc(C(=O)Nc4cc(C(F)(F)F)ccn4)cc3)c3c(NCc4ccc(OC)cc4OC)nccc32)c(OC)c1. The summed E-state index contributed by atoms with van der Waals surface area (Å²) in [6.45, 7) is 9.99. The maximum Gasteiger partial charge on any atom is 0.444 e. The fourth-order valence-electron chi connectivity index (χ4n) is 8.76. The Morgan fingerprint density at radius 2 is 1.24 bits per heavy atom. The molecule has 0 saturated heterocycles. The number of halogens is 4. The number of fused-ring (bicyclic) bond motifs is 2. The number of hydroxylamine groups is 2. The van der Waals surface area contributed by atoms with Crippen molar-refractivity contribution in [1.29, 1.82) is 0 Å². The third-order valence-electron chi connectivity index (χ3n) is 13.0. The number of methoxy groups -OCH3 is 4. The number of nitrogens with one attached hydrogen (secondary N) is 4. The fraction of sp³-hybridized carbons (Fsp3) is 0.333. The van der Waals surface area contributed by atoms with E-state index in [0.717, 1.165) is 49.1 Å². The number of benzene rings is 3. The highest BCUT2D eigenvalue weighted by Crippen LogP contribution is 2.36. The lowest BCUT2D eigenvalue weighted by Gasteiger charge is -2.30. The number of aromatic nitrogens is 7. The molecule has 0 fully saturated rings. The second kappa shape index (κ2) is 25.9. The van der Waals surface area contributed by atoms with Crippen LogP contribution in [0.2, 0.25) is 0 Å². The quantitative estimate of drug-likeness (QED) is 0.0387. The van der Waals surface area contributed by atoms with Crippen molar-refractivity contribution < 1.29 is 56.1 Å². The van der Waals surface area contributed by atoms with Crippen LogP contribution in [0.4, 0.5) is 40.2 Å². The topological polar surface area (TPSA) is 232 Å². The maximum absolute atomic E-state index is 13.9. The molecular weight excluding hydrogens is 1180 g/mol. The molecule has 5 heterocycles. The van der Waals surface area contributed by atoms with Gasteiger partial charge >= 0.3 is 18.4 Å². The zero-order chi connectivity index (χ0) is 58.9. The van der Waals surface area contributed by atoms with Crippen molar-refractivity contribution in [1.82, 2.24) is 44.9 Å². The molecule has 4 N–H and O–H groups in total. The van der Waals surface area contributed by atoms with Gasteiger partial charge in [-0.05, 0) is 131 Å². The standard InChI is InChI=1S/C57H62F3IN12O9/c1-33(21-26-72-43-20-25-64-52(48(43)50(61)70-72)66-32-38-15-17-41(78-7)30-45(38)80-9)67-54(75)82-73(55(76)81-56(3,4)5)34(2)22-27-71-42-19-24-63-51(65-31-37-14-16-40(77-6)29-44(37)79-8)47(42)49(69-71)35-10-12-36(13-11-35)53(74)68-46-28-39(18-23-62-46)57(58,59)60/h10-20,23-25,28-30,33-34H,21-22,26-27,31-32H2,1-9H3,(H,63,65)(H,64,66)(H,67,75)(H,62,68,74)/t33-,34-/m1/s1. The molecule has 0 aliphatic carbocycles. The maximum atomic E-state index is 13.9. The smallest absolute Gasteiger partial charge is 0.444 e. The van der Waals surface area contributed by atoms with Gasteiger partial charge in [-0.2, -0.15) is 23.4 Å². The molecule has 3 amide bonds. The van der Waals surface area contributed by atoms with Crippen LogP contribution in [0.25, 0.3) is 33.1 Å². The molecule has 0 aliphatic rings. The normalized spacial score (nSPS) is 12.3. The number of anilines is 3. The van der Waals surface area contributed by atoms with Crippen LogP contribution in [-0.2, 0) is 41.9 Å². The number of aryl methyl sites for hydroxylation is 2. The number of alkyl halides is 3. The van der Waals surface area contributed by atoms with Gasteiger partial charge < -0.3 is 49.8 Å². The summed E-state index contributed by atoms with van der Waals surface area (Å²) in [5.41, 5.74) is 2.50. The fourth-order valence-corrected chi connectivity index (χ4v) is 9.55. The van der Waals surface area contributed by atoms with Gasteiger partial charge in [0.2, 0.25) is 0 Å². The first-order valence-electron chi connectivity index (χ1n) is 25.9. The lowest BCUT2D eigenvalue weighted by molar-refractivity contribution is -0.137. The van der Waals surface area contributed by atoms with E-state index in [1.807, 2.05) is 48.0 Å². The van der Waals surface area contributed by atoms with E-state index in [9.17, 15) is 27.6 Å². The van der Waals surface area contributed by atoms with Crippen LogP contribution in [0.1, 0.15) is 74.5 Å². The second-order valence-corrected chi connectivity index (χ2v) is 20.9. The van der Waals surface area contributed by atoms with E-state index in [1.54, 1.807) is 97.5 Å². The highest BCUT2D eigenvalue weighted by molar-refractivity contribution is 14.1. The van der Waals surface area contributed by atoms with Crippen LogP contribution in [0.3, 0.4) is 0 Å². The summed E-state index contributed by atoms with van der Waals surface area (Å²) in [4.78, 5) is 59.9. The molecule has 0 saturated carbocycles. The van der Waals surface area contributed by atoms with Gasteiger partial charge in [0.05, 0.1) is 61.9 Å². The molecular formula is C57H62F3IN12O9. The summed E-state index contributed by atoms with van der Waals surface area (Å²) in [7, 11) is 6.33. The van der Waals surface area contributed by atoms with Gasteiger partial charge in [-0.3, -0.25) is 14.2 Å². The summed E-state index contributed by atoms with van der Waals surface area (Å²) in [6, 6.07) is 21.5. The molecule has 2 atom stereocenters. The van der Waals surface area contributed by atoms with E-state index >= 15 is 0 Å². The first-order valence-corrected chi connectivity index (χ1v) is 27.0. The van der Waals surface area contributed by atoms with Crippen LogP contribution >= 0.6 is 22.6 Å². The van der Waals surface area contributed by atoms with Gasteiger partial charge in [0.25, 0.3) is 5.91 Å². The molecule has 3 aromatic carbocycles. The molecule has 0 radical (unpaired) electrons. The summed E-state index contributed by atoms with van der Waals surface area (Å²) < 4.78 is 72.3. The predicted octanol–water partition coefficient (Wildman–Crippen LogP) is 11.5. The molecule has 0 bridgehead atoms. The lowest BCUT2D eigenvalue weighted by Crippen LogP contribution is -2.47. The van der Waals surface area contributed by atoms with Gasteiger partial charge in [0.1, 0.15) is 55.4 Å². The molecule has 8 aromatic rings. The average molecular weight is 1240 g/mol. The van der Waals surface area contributed by atoms with Crippen molar-refractivity contribution in [2.45, 2.75) is 97.5 Å². The molecule has 8 rings (SSSR count). The minimum absolute atomic E-state index is 0.148. The lowest BCUT2D eigenvalue weighted by atomic mass is 10.1. The summed E-state index contributed by atoms with van der Waals surface area (Å²) in [6.07, 6.45) is -1.43. The van der Waals surface area contributed by atoms with Crippen molar-refractivity contribution in [2.24, 2.45) is 0 Å². The highest BCUT2D eigenvalue weighted by Gasteiger charge is 2.32. The van der Waals surface area contributed by atoms with E-state index in [2.05, 4.69) is 53.8 Å². The van der Waals surface area contributed by atoms with E-state index in [4.69, 9.17) is 43.7 Å². The Balaban J connectivity index is 0.986. The molecule has 5 aromatic heterocycles. The minimum Gasteiger partial charge on any atom is -0.497 e. The van der Waals surface area contributed by atoms with Crippen molar-refractivity contribution in [3.8, 4) is 34.3 Å². The Kier molecular flexibility index (Phi) is 18.8. The zero-order valence-corrected chi connectivity index (χ0v) is 48.6. The van der Waals surface area contributed by atoms with Gasteiger partial charge in [-0.1, -0.05) is 12.1 Å². The Morgan fingerprint density at radius 1 is 0.683 bits per heavy atom. The van der Waals surface area contributed by atoms with Crippen LogP contribution in [0.5, 0.6) is 23.0 Å². The number of nitrogens with zero attached hydrogens (tertiary/aromatic N) is 8. The van der Waals surface area contributed by atoms with Crippen LogP contribution in [-0.4, -0.2) is 104 Å². The Hall–Kier alpha value is -8.62. The minimum atomic E-state index is -4.63. The zero-order valence-electron chi connectivity index (χ0n) is 46.5. The van der Waals surface area contributed by atoms with E-state index in [0.29, 0.717) is 76.3 Å². The number of ether oxygens (including phenoxy) is 5. The molecule has 82 heavy (non-hydrogen) atoms. The molecule has 432 valence electrons. The average Bonchev–Trinajstić information content (AvgIpc) is 3.43. The molecule has 0 spiro atoms. The van der Waals surface area contributed by atoms with E-state index in [-0.39, 0.29) is 30.9 Å². The Morgan fingerprint density at radius 3 is 1.82 bits per heavy atom. The first kappa shape index (κ1) is 59.5. The van der Waals surface area contributed by atoms with Crippen LogP contribution in [0, 0.1) is 3.70 Å². The monoisotopic (exact) mass is 1240 g/mol. The summed E-state index contributed by atoms with van der Waals surface area (Å²) in [5.74, 6) is 2.72. The number of amides is 3. The predicted molar refractivity (Wildman–Crippen MR) is 310 cm³/mol. The van der Waals surface area contributed by atoms with E-state index < -0.39 is 47.5 Å². The molecule has 25 heteroatoms. The number of carbonyl (C=O) groups excluding carboxylic acids is 3. The molecule has 0 unspecified atom stereocenters. The van der Waals surface area contributed by atoms with Crippen molar-refractivity contribution in [3.63, 3.8) is 0 Å². The van der Waals surface area contributed by atoms with Gasteiger partial charge in [-0.15, -0.1) is 5.06 Å². The second-order valence-electron chi connectivity index (χ2n) is 19.9. The van der Waals surface area contributed by atoms with Crippen molar-refractivity contribution >= 4 is 79.9 Å².